The summed E-state index contributed by atoms with van der Waals surface area (Å²) in [4.78, 5) is 3.99. The number of nitrogens with zero attached hydrogens (tertiary/aromatic N) is 3. The molecule has 0 aliphatic heterocycles. The quantitative estimate of drug-likeness (QED) is 0.746. The molecule has 0 aliphatic rings. The summed E-state index contributed by atoms with van der Waals surface area (Å²) < 4.78 is 1.92. The summed E-state index contributed by atoms with van der Waals surface area (Å²) in [6, 6.07) is 3.87. The monoisotopic (exact) mass is 221 g/mol. The van der Waals surface area contributed by atoms with Gasteiger partial charge in [0.15, 0.2) is 0 Å². The highest BCUT2D eigenvalue weighted by Gasteiger charge is 2.08. The van der Waals surface area contributed by atoms with E-state index in [1.54, 1.807) is 12.4 Å². The number of rotatable bonds is 3. The van der Waals surface area contributed by atoms with Gasteiger partial charge < -0.3 is 0 Å². The van der Waals surface area contributed by atoms with E-state index in [0.29, 0.717) is 5.88 Å². The van der Waals surface area contributed by atoms with E-state index in [0.717, 1.165) is 23.4 Å². The Morgan fingerprint density at radius 3 is 2.67 bits per heavy atom. The van der Waals surface area contributed by atoms with Gasteiger partial charge in [0.05, 0.1) is 17.8 Å². The number of hydrogen-bond acceptors (Lipinski definition) is 2. The van der Waals surface area contributed by atoms with Gasteiger partial charge in [-0.15, -0.1) is 11.6 Å². The van der Waals surface area contributed by atoms with Crippen LogP contribution in [0.5, 0.6) is 0 Å². The Labute approximate surface area is 93.7 Å². The molecule has 0 amide bonds. The van der Waals surface area contributed by atoms with Crippen molar-refractivity contribution < 1.29 is 0 Å². The largest absolute Gasteiger partial charge is 0.265 e. The van der Waals surface area contributed by atoms with Crippen LogP contribution < -0.4 is 0 Å². The molecule has 0 bridgehead atoms. The first-order valence-corrected chi connectivity index (χ1v) is 5.42. The number of alkyl halides is 1. The van der Waals surface area contributed by atoms with Crippen molar-refractivity contribution in [3.63, 3.8) is 0 Å². The van der Waals surface area contributed by atoms with Crippen LogP contribution in [0.3, 0.4) is 0 Å². The average molecular weight is 222 g/mol. The molecule has 0 unspecified atom stereocenters. The number of pyridine rings is 1. The maximum Gasteiger partial charge on any atom is 0.0679 e. The zero-order valence-corrected chi connectivity index (χ0v) is 9.28. The van der Waals surface area contributed by atoms with Gasteiger partial charge >= 0.3 is 0 Å². The molecule has 2 heterocycles. The first-order chi connectivity index (χ1) is 7.36. The smallest absolute Gasteiger partial charge is 0.0679 e. The van der Waals surface area contributed by atoms with Crippen LogP contribution in [0.4, 0.5) is 0 Å². The van der Waals surface area contributed by atoms with E-state index in [-0.39, 0.29) is 0 Å². The van der Waals surface area contributed by atoms with Crippen molar-refractivity contribution >= 4 is 11.6 Å². The molecule has 0 N–H and O–H groups in total. The standard InChI is InChI=1S/C11H12ClN3/c1-2-11-9(7-12)8-14-15(11)10-3-5-13-6-4-10/h3-6,8H,2,7H2,1H3. The van der Waals surface area contributed by atoms with Gasteiger partial charge in [-0.1, -0.05) is 6.92 Å². The van der Waals surface area contributed by atoms with Crippen LogP contribution in [0.15, 0.2) is 30.7 Å². The summed E-state index contributed by atoms with van der Waals surface area (Å²) >= 11 is 5.85. The molecule has 0 spiro atoms. The Kier molecular flexibility index (Phi) is 3.02. The lowest BCUT2D eigenvalue weighted by atomic mass is 10.2. The van der Waals surface area contributed by atoms with Crippen molar-refractivity contribution in [2.24, 2.45) is 0 Å². The molecule has 2 rings (SSSR count). The minimum Gasteiger partial charge on any atom is -0.265 e. The van der Waals surface area contributed by atoms with E-state index in [4.69, 9.17) is 11.6 Å². The van der Waals surface area contributed by atoms with E-state index in [1.807, 2.05) is 23.0 Å². The predicted octanol–water partition coefficient (Wildman–Crippen LogP) is 2.57. The van der Waals surface area contributed by atoms with Crippen molar-refractivity contribution in [1.82, 2.24) is 14.8 Å². The van der Waals surface area contributed by atoms with E-state index in [2.05, 4.69) is 17.0 Å². The normalized spacial score (nSPS) is 10.5. The van der Waals surface area contributed by atoms with Crippen molar-refractivity contribution in [2.45, 2.75) is 19.2 Å². The summed E-state index contributed by atoms with van der Waals surface area (Å²) in [6.45, 7) is 2.10. The molecule has 0 aromatic carbocycles. The maximum absolute atomic E-state index is 5.85. The van der Waals surface area contributed by atoms with Crippen LogP contribution in [0, 0.1) is 0 Å². The number of hydrogen-bond donors (Lipinski definition) is 0. The molecule has 0 radical (unpaired) electrons. The summed E-state index contributed by atoms with van der Waals surface area (Å²) in [7, 11) is 0. The molecule has 0 atom stereocenters. The third-order valence-electron chi connectivity index (χ3n) is 2.34. The first-order valence-electron chi connectivity index (χ1n) is 4.89. The van der Waals surface area contributed by atoms with Crippen molar-refractivity contribution in [3.05, 3.63) is 42.0 Å². The highest BCUT2D eigenvalue weighted by atomic mass is 35.5. The second kappa shape index (κ2) is 4.45. The van der Waals surface area contributed by atoms with Crippen LogP contribution >= 0.6 is 11.6 Å². The van der Waals surface area contributed by atoms with Crippen LogP contribution in [0.1, 0.15) is 18.2 Å². The van der Waals surface area contributed by atoms with Crippen molar-refractivity contribution in [1.29, 1.82) is 0 Å². The Balaban J connectivity index is 2.49. The molecule has 0 saturated carbocycles. The Morgan fingerprint density at radius 2 is 2.07 bits per heavy atom. The predicted molar refractivity (Wildman–Crippen MR) is 60.3 cm³/mol. The average Bonchev–Trinajstić information content (AvgIpc) is 2.72. The second-order valence-electron chi connectivity index (χ2n) is 3.22. The third kappa shape index (κ3) is 1.88. The topological polar surface area (TPSA) is 30.7 Å². The zero-order valence-electron chi connectivity index (χ0n) is 8.52. The molecule has 3 nitrogen and oxygen atoms in total. The molecule has 0 aliphatic carbocycles. The van der Waals surface area contributed by atoms with E-state index in [1.165, 1.54) is 0 Å². The number of halogens is 1. The summed E-state index contributed by atoms with van der Waals surface area (Å²) in [5, 5.41) is 4.33. The molecular formula is C11H12ClN3. The van der Waals surface area contributed by atoms with Crippen molar-refractivity contribution in [3.8, 4) is 5.69 Å². The molecule has 2 aromatic heterocycles. The zero-order chi connectivity index (χ0) is 10.7. The lowest BCUT2D eigenvalue weighted by molar-refractivity contribution is 0.809. The van der Waals surface area contributed by atoms with Crippen LogP contribution in [0.25, 0.3) is 5.69 Å². The van der Waals surface area contributed by atoms with E-state index < -0.39 is 0 Å². The molecular weight excluding hydrogens is 210 g/mol. The Bertz CT molecular complexity index is 436. The molecule has 0 fully saturated rings. The van der Waals surface area contributed by atoms with Gasteiger partial charge in [0.1, 0.15) is 0 Å². The van der Waals surface area contributed by atoms with Gasteiger partial charge in [-0.3, -0.25) is 4.98 Å². The lowest BCUT2D eigenvalue weighted by Gasteiger charge is -2.06. The maximum atomic E-state index is 5.85. The third-order valence-corrected chi connectivity index (χ3v) is 2.63. The first kappa shape index (κ1) is 10.2. The fourth-order valence-corrected chi connectivity index (χ4v) is 1.83. The van der Waals surface area contributed by atoms with Crippen molar-refractivity contribution in [2.75, 3.05) is 0 Å². The fourth-order valence-electron chi connectivity index (χ4n) is 1.60. The fraction of sp³-hybridized carbons (Fsp3) is 0.273. The molecule has 78 valence electrons. The van der Waals surface area contributed by atoms with Gasteiger partial charge in [-0.05, 0) is 18.6 Å². The van der Waals surface area contributed by atoms with Crippen LogP contribution in [0.2, 0.25) is 0 Å². The molecule has 2 aromatic rings. The Morgan fingerprint density at radius 1 is 1.33 bits per heavy atom. The van der Waals surface area contributed by atoms with Gasteiger partial charge in [-0.2, -0.15) is 5.10 Å². The Hall–Kier alpha value is -1.35. The SMILES string of the molecule is CCc1c(CCl)cnn1-c1ccncc1. The van der Waals surface area contributed by atoms with E-state index in [9.17, 15) is 0 Å². The van der Waals surface area contributed by atoms with E-state index >= 15 is 0 Å². The van der Waals surface area contributed by atoms with Gasteiger partial charge in [-0.25, -0.2) is 4.68 Å². The minimum atomic E-state index is 0.508. The molecule has 0 saturated heterocycles. The summed E-state index contributed by atoms with van der Waals surface area (Å²) in [6.07, 6.45) is 6.27. The number of aromatic nitrogens is 3. The second-order valence-corrected chi connectivity index (χ2v) is 3.49. The summed E-state index contributed by atoms with van der Waals surface area (Å²) in [5.41, 5.74) is 3.28. The van der Waals surface area contributed by atoms with Gasteiger partial charge in [0, 0.05) is 23.7 Å². The molecule has 4 heteroatoms. The highest BCUT2D eigenvalue weighted by Crippen LogP contribution is 2.16. The van der Waals surface area contributed by atoms with Gasteiger partial charge in [0.2, 0.25) is 0 Å². The van der Waals surface area contributed by atoms with Crippen LogP contribution in [-0.4, -0.2) is 14.8 Å². The van der Waals surface area contributed by atoms with Gasteiger partial charge in [0.25, 0.3) is 0 Å². The summed E-state index contributed by atoms with van der Waals surface area (Å²) in [5.74, 6) is 0.508. The minimum absolute atomic E-state index is 0.508. The molecule has 15 heavy (non-hydrogen) atoms. The lowest BCUT2D eigenvalue weighted by Crippen LogP contribution is -2.02. The van der Waals surface area contributed by atoms with Crippen LogP contribution in [-0.2, 0) is 12.3 Å². The highest BCUT2D eigenvalue weighted by molar-refractivity contribution is 6.17.